The largest absolute Gasteiger partial charge is 0.342 e. The Morgan fingerprint density at radius 2 is 1.87 bits per heavy atom. The number of amides is 1. The van der Waals surface area contributed by atoms with E-state index >= 15 is 0 Å². The molecule has 162 valence electrons. The molecule has 31 heavy (non-hydrogen) atoms. The number of hydrogen-bond acceptors (Lipinski definition) is 3. The minimum Gasteiger partial charge on any atom is -0.342 e. The monoisotopic (exact) mass is 436 g/mol. The van der Waals surface area contributed by atoms with Crippen LogP contribution in [0.15, 0.2) is 48.5 Å². The number of halogens is 1. The topological polar surface area (TPSA) is 52.2 Å². The molecule has 3 heterocycles. The van der Waals surface area contributed by atoms with Gasteiger partial charge in [0.1, 0.15) is 5.82 Å². The second-order valence-electron chi connectivity index (χ2n) is 8.86. The van der Waals surface area contributed by atoms with Crippen LogP contribution in [0.3, 0.4) is 0 Å². The third-order valence-corrected chi connectivity index (χ3v) is 7.23. The molecule has 0 saturated carbocycles. The summed E-state index contributed by atoms with van der Waals surface area (Å²) in [6.07, 6.45) is 4.91. The smallest absolute Gasteiger partial charge is 0.222 e. The van der Waals surface area contributed by atoms with Gasteiger partial charge in [0.25, 0.3) is 0 Å². The molecule has 2 aliphatic rings. The second kappa shape index (κ2) is 9.01. The summed E-state index contributed by atoms with van der Waals surface area (Å²) in [5.41, 5.74) is 3.19. The number of para-hydroxylation sites is 2. The number of carbonyl (C=O) groups excluding carboxylic acids is 1. The van der Waals surface area contributed by atoms with Crippen molar-refractivity contribution in [3.8, 4) is 0 Å². The van der Waals surface area contributed by atoms with Crippen LogP contribution in [0.5, 0.6) is 0 Å². The number of H-pyrrole nitrogens is 1. The molecule has 2 atom stereocenters. The molecule has 1 amide bonds. The highest BCUT2D eigenvalue weighted by molar-refractivity contribution is 6.31. The number of fused-ring (bicyclic) bond motifs is 1. The summed E-state index contributed by atoms with van der Waals surface area (Å²) >= 11 is 6.33. The fourth-order valence-electron chi connectivity index (χ4n) is 5.11. The quantitative estimate of drug-likeness (QED) is 0.627. The molecule has 3 aromatic rings. The maximum atomic E-state index is 12.8. The van der Waals surface area contributed by atoms with E-state index in [4.69, 9.17) is 16.6 Å². The molecule has 2 fully saturated rings. The van der Waals surface area contributed by atoms with E-state index in [1.807, 2.05) is 41.3 Å². The van der Waals surface area contributed by atoms with E-state index in [2.05, 4.69) is 22.0 Å². The maximum Gasteiger partial charge on any atom is 0.222 e. The Labute approximate surface area is 188 Å². The number of nitrogens with zero attached hydrogens (tertiary/aromatic N) is 3. The zero-order valence-electron chi connectivity index (χ0n) is 17.8. The van der Waals surface area contributed by atoms with Crippen molar-refractivity contribution in [1.29, 1.82) is 0 Å². The lowest BCUT2D eigenvalue weighted by Crippen LogP contribution is -2.42. The molecular formula is C25H29ClN4O. The minimum absolute atomic E-state index is 0.244. The van der Waals surface area contributed by atoms with Crippen molar-refractivity contribution < 1.29 is 4.79 Å². The van der Waals surface area contributed by atoms with E-state index in [1.54, 1.807) is 0 Å². The molecule has 1 N–H and O–H groups in total. The molecule has 0 spiro atoms. The van der Waals surface area contributed by atoms with Gasteiger partial charge in [-0.25, -0.2) is 4.98 Å². The van der Waals surface area contributed by atoms with Crippen LogP contribution in [0.25, 0.3) is 11.0 Å². The number of rotatable bonds is 4. The van der Waals surface area contributed by atoms with Crippen LogP contribution in [0.4, 0.5) is 0 Å². The van der Waals surface area contributed by atoms with Crippen molar-refractivity contribution in [3.63, 3.8) is 0 Å². The molecule has 5 rings (SSSR count). The van der Waals surface area contributed by atoms with E-state index in [9.17, 15) is 4.79 Å². The highest BCUT2D eigenvalue weighted by atomic mass is 35.5. The first-order valence-corrected chi connectivity index (χ1v) is 11.7. The van der Waals surface area contributed by atoms with Gasteiger partial charge in [-0.2, -0.15) is 0 Å². The molecule has 2 aliphatic heterocycles. The summed E-state index contributed by atoms with van der Waals surface area (Å²) in [5.74, 6) is 1.78. The van der Waals surface area contributed by atoms with Gasteiger partial charge >= 0.3 is 0 Å². The summed E-state index contributed by atoms with van der Waals surface area (Å²) in [7, 11) is 0. The van der Waals surface area contributed by atoms with Crippen LogP contribution in [-0.4, -0.2) is 51.4 Å². The Hall–Kier alpha value is -2.37. The first kappa shape index (κ1) is 20.5. The van der Waals surface area contributed by atoms with Gasteiger partial charge in [-0.3, -0.25) is 9.69 Å². The summed E-state index contributed by atoms with van der Waals surface area (Å²) in [5, 5.41) is 0.737. The van der Waals surface area contributed by atoms with Crippen molar-refractivity contribution in [1.82, 2.24) is 19.8 Å². The SMILES string of the molecule is O=C1CCC(N2CCCC(c3nc4ccccc4[nH]3)C2)CCN1Cc1ccccc1Cl. The lowest BCUT2D eigenvalue weighted by atomic mass is 9.94. The molecule has 5 nitrogen and oxygen atoms in total. The molecular weight excluding hydrogens is 408 g/mol. The Kier molecular flexibility index (Phi) is 5.97. The van der Waals surface area contributed by atoms with Gasteiger partial charge in [-0.15, -0.1) is 0 Å². The summed E-state index contributed by atoms with van der Waals surface area (Å²) < 4.78 is 0. The molecule has 0 radical (unpaired) electrons. The number of aromatic nitrogens is 2. The first-order chi connectivity index (χ1) is 15.2. The van der Waals surface area contributed by atoms with E-state index in [0.717, 1.165) is 59.9 Å². The van der Waals surface area contributed by atoms with Gasteiger partial charge in [-0.05, 0) is 56.0 Å². The lowest BCUT2D eigenvalue weighted by molar-refractivity contribution is -0.131. The number of likely N-dealkylation sites (tertiary alicyclic amines) is 2. The van der Waals surface area contributed by atoms with Crippen molar-refractivity contribution >= 4 is 28.5 Å². The van der Waals surface area contributed by atoms with Crippen molar-refractivity contribution in [2.45, 2.75) is 50.6 Å². The van der Waals surface area contributed by atoms with Crippen LogP contribution >= 0.6 is 11.6 Å². The highest BCUT2D eigenvalue weighted by Gasteiger charge is 2.31. The summed E-state index contributed by atoms with van der Waals surface area (Å²) in [4.78, 5) is 25.8. The molecule has 1 aromatic heterocycles. The highest BCUT2D eigenvalue weighted by Crippen LogP contribution is 2.30. The average molecular weight is 437 g/mol. The third kappa shape index (κ3) is 4.48. The zero-order valence-corrected chi connectivity index (χ0v) is 18.5. The van der Waals surface area contributed by atoms with Gasteiger partial charge < -0.3 is 9.88 Å². The molecule has 0 bridgehead atoms. The van der Waals surface area contributed by atoms with Crippen LogP contribution in [0.2, 0.25) is 5.02 Å². The van der Waals surface area contributed by atoms with Gasteiger partial charge in [0, 0.05) is 43.0 Å². The molecule has 2 unspecified atom stereocenters. The number of piperidine rings is 1. The molecule has 6 heteroatoms. The van der Waals surface area contributed by atoms with Crippen LogP contribution in [0, 0.1) is 0 Å². The summed E-state index contributed by atoms with van der Waals surface area (Å²) in [6.45, 7) is 3.52. The Morgan fingerprint density at radius 3 is 2.74 bits per heavy atom. The Morgan fingerprint density at radius 1 is 1.03 bits per heavy atom. The van der Waals surface area contributed by atoms with Crippen molar-refractivity contribution in [2.24, 2.45) is 0 Å². The Balaban J connectivity index is 1.25. The lowest BCUT2D eigenvalue weighted by Gasteiger charge is -2.37. The first-order valence-electron chi connectivity index (χ1n) is 11.4. The van der Waals surface area contributed by atoms with E-state index in [1.165, 1.54) is 12.8 Å². The zero-order chi connectivity index (χ0) is 21.2. The van der Waals surface area contributed by atoms with Crippen LogP contribution in [-0.2, 0) is 11.3 Å². The Bertz CT molecular complexity index is 1030. The van der Waals surface area contributed by atoms with E-state index in [0.29, 0.717) is 24.9 Å². The molecule has 2 aromatic carbocycles. The number of nitrogens with one attached hydrogen (secondary N) is 1. The average Bonchev–Trinajstić information content (AvgIpc) is 3.15. The third-order valence-electron chi connectivity index (χ3n) is 6.86. The van der Waals surface area contributed by atoms with Crippen molar-refractivity contribution in [3.05, 3.63) is 64.9 Å². The maximum absolute atomic E-state index is 12.8. The predicted octanol–water partition coefficient (Wildman–Crippen LogP) is 4.98. The standard InChI is InChI=1S/C25H29ClN4O/c26-21-8-2-1-6-18(21)16-30-15-13-20(11-12-24(30)31)29-14-5-7-19(17-29)25-27-22-9-3-4-10-23(22)28-25/h1-4,6,8-10,19-20H,5,7,11-17H2,(H,27,28). The van der Waals surface area contributed by atoms with Crippen LogP contribution in [0.1, 0.15) is 49.4 Å². The van der Waals surface area contributed by atoms with Crippen molar-refractivity contribution in [2.75, 3.05) is 19.6 Å². The van der Waals surface area contributed by atoms with Crippen LogP contribution < -0.4 is 0 Å². The van der Waals surface area contributed by atoms with E-state index < -0.39 is 0 Å². The fraction of sp³-hybridized carbons (Fsp3) is 0.440. The fourth-order valence-corrected chi connectivity index (χ4v) is 5.31. The normalized spacial score (nSPS) is 23.3. The number of aromatic amines is 1. The summed E-state index contributed by atoms with van der Waals surface area (Å²) in [6, 6.07) is 16.5. The van der Waals surface area contributed by atoms with Gasteiger partial charge in [-0.1, -0.05) is 41.9 Å². The number of benzene rings is 2. The van der Waals surface area contributed by atoms with E-state index in [-0.39, 0.29) is 5.91 Å². The molecule has 0 aliphatic carbocycles. The van der Waals surface area contributed by atoms with Gasteiger partial charge in [0.05, 0.1) is 11.0 Å². The number of imidazole rings is 1. The number of hydrogen-bond donors (Lipinski definition) is 1. The predicted molar refractivity (Wildman–Crippen MR) is 124 cm³/mol. The minimum atomic E-state index is 0.244. The van der Waals surface area contributed by atoms with Gasteiger partial charge in [0.2, 0.25) is 5.91 Å². The number of carbonyl (C=O) groups is 1. The molecule has 2 saturated heterocycles. The second-order valence-corrected chi connectivity index (χ2v) is 9.27. The van der Waals surface area contributed by atoms with Gasteiger partial charge in [0.15, 0.2) is 0 Å².